The Kier molecular flexibility index (Phi) is 8.33. The topological polar surface area (TPSA) is 65.0 Å². The summed E-state index contributed by atoms with van der Waals surface area (Å²) in [5.74, 6) is 0.572. The number of halogens is 1. The molecule has 0 saturated carbocycles. The molecule has 2 aromatic rings. The third-order valence-corrected chi connectivity index (χ3v) is 5.62. The molecule has 0 bridgehead atoms. The number of hydrogen-bond acceptors (Lipinski definition) is 4. The molecule has 0 aromatic heterocycles. The van der Waals surface area contributed by atoms with Crippen LogP contribution in [0.5, 0.6) is 11.5 Å². The number of carbonyl (C=O) groups is 1. The smallest absolute Gasteiger partial charge is 0.318 e. The molecule has 7 heteroatoms. The van der Waals surface area contributed by atoms with Gasteiger partial charge in [0.15, 0.2) is 0 Å². The standard InChI is InChI=1S/C25H34FN3O3/c1-18(2)17-32-23-8-4-19(5-9-23)15-29(16-20-6-7-21(26)14-24(20)30)25(31)27-22-10-12-28(3)13-11-22/h4-9,14,18,22,30H,10-13,15-17H2,1-3H3,(H,27,31). The van der Waals surface area contributed by atoms with E-state index < -0.39 is 5.82 Å². The van der Waals surface area contributed by atoms with Crippen molar-refractivity contribution < 1.29 is 19.0 Å². The molecule has 1 aliphatic rings. The van der Waals surface area contributed by atoms with Crippen molar-refractivity contribution in [3.8, 4) is 11.5 Å². The summed E-state index contributed by atoms with van der Waals surface area (Å²) < 4.78 is 19.2. The lowest BCUT2D eigenvalue weighted by Gasteiger charge is -2.32. The van der Waals surface area contributed by atoms with Crippen molar-refractivity contribution in [2.75, 3.05) is 26.7 Å². The molecular weight excluding hydrogens is 409 g/mol. The molecule has 1 aliphatic heterocycles. The zero-order chi connectivity index (χ0) is 23.1. The Morgan fingerprint density at radius 2 is 1.88 bits per heavy atom. The fourth-order valence-electron chi connectivity index (χ4n) is 3.67. The van der Waals surface area contributed by atoms with E-state index in [9.17, 15) is 14.3 Å². The maximum atomic E-state index is 13.4. The van der Waals surface area contributed by atoms with Crippen molar-refractivity contribution in [1.29, 1.82) is 0 Å². The highest BCUT2D eigenvalue weighted by Crippen LogP contribution is 2.22. The van der Waals surface area contributed by atoms with Gasteiger partial charge in [-0.1, -0.05) is 32.0 Å². The minimum Gasteiger partial charge on any atom is -0.507 e. The maximum absolute atomic E-state index is 13.4. The largest absolute Gasteiger partial charge is 0.507 e. The molecule has 1 heterocycles. The molecular formula is C25H34FN3O3. The number of benzene rings is 2. The van der Waals surface area contributed by atoms with E-state index in [4.69, 9.17) is 4.74 Å². The number of amides is 2. The average molecular weight is 444 g/mol. The predicted molar refractivity (Wildman–Crippen MR) is 123 cm³/mol. The molecule has 1 fully saturated rings. The van der Waals surface area contributed by atoms with Crippen LogP contribution in [-0.2, 0) is 13.1 Å². The summed E-state index contributed by atoms with van der Waals surface area (Å²) in [7, 11) is 2.08. The number of likely N-dealkylation sites (tertiary alicyclic amines) is 1. The number of nitrogens with zero attached hydrogens (tertiary/aromatic N) is 2. The number of rotatable bonds is 8. The van der Waals surface area contributed by atoms with E-state index in [2.05, 4.69) is 31.1 Å². The number of carbonyl (C=O) groups excluding carboxylic acids is 1. The number of ether oxygens (including phenoxy) is 1. The Morgan fingerprint density at radius 1 is 1.19 bits per heavy atom. The minimum atomic E-state index is -0.509. The van der Waals surface area contributed by atoms with Crippen LogP contribution in [0.3, 0.4) is 0 Å². The highest BCUT2D eigenvalue weighted by atomic mass is 19.1. The zero-order valence-corrected chi connectivity index (χ0v) is 19.2. The molecule has 0 radical (unpaired) electrons. The number of aromatic hydroxyl groups is 1. The van der Waals surface area contributed by atoms with Crippen LogP contribution in [0.15, 0.2) is 42.5 Å². The van der Waals surface area contributed by atoms with E-state index in [-0.39, 0.29) is 24.4 Å². The summed E-state index contributed by atoms with van der Waals surface area (Å²) in [4.78, 5) is 17.0. The summed E-state index contributed by atoms with van der Waals surface area (Å²) >= 11 is 0. The number of hydrogen-bond donors (Lipinski definition) is 2. The summed E-state index contributed by atoms with van der Waals surface area (Å²) in [6, 6.07) is 11.5. The van der Waals surface area contributed by atoms with Crippen LogP contribution in [-0.4, -0.2) is 53.7 Å². The molecule has 0 atom stereocenters. The van der Waals surface area contributed by atoms with Crippen LogP contribution in [0.25, 0.3) is 0 Å². The second-order valence-corrected chi connectivity index (χ2v) is 9.00. The van der Waals surface area contributed by atoms with E-state index in [1.807, 2.05) is 24.3 Å². The van der Waals surface area contributed by atoms with Gasteiger partial charge in [0.25, 0.3) is 0 Å². The molecule has 0 spiro atoms. The average Bonchev–Trinajstić information content (AvgIpc) is 2.76. The van der Waals surface area contributed by atoms with Crippen molar-refractivity contribution in [3.63, 3.8) is 0 Å². The molecule has 1 saturated heterocycles. The first-order valence-electron chi connectivity index (χ1n) is 11.2. The molecule has 174 valence electrons. The molecule has 0 unspecified atom stereocenters. The number of phenolic OH excluding ortho intramolecular Hbond substituents is 1. The van der Waals surface area contributed by atoms with Crippen molar-refractivity contribution in [1.82, 2.24) is 15.1 Å². The molecule has 2 amide bonds. The summed E-state index contributed by atoms with van der Waals surface area (Å²) in [6.07, 6.45) is 1.81. The van der Waals surface area contributed by atoms with E-state index in [0.717, 1.165) is 43.3 Å². The Bertz CT molecular complexity index is 881. The van der Waals surface area contributed by atoms with E-state index in [1.54, 1.807) is 4.90 Å². The van der Waals surface area contributed by atoms with Crippen LogP contribution in [0, 0.1) is 11.7 Å². The van der Waals surface area contributed by atoms with Gasteiger partial charge >= 0.3 is 6.03 Å². The molecule has 3 rings (SSSR count). The van der Waals surface area contributed by atoms with E-state index in [0.29, 0.717) is 24.6 Å². The Morgan fingerprint density at radius 3 is 2.50 bits per heavy atom. The van der Waals surface area contributed by atoms with Crippen LogP contribution < -0.4 is 10.1 Å². The van der Waals surface area contributed by atoms with Crippen molar-refractivity contribution >= 4 is 6.03 Å². The SMILES string of the molecule is CC(C)COc1ccc(CN(Cc2ccc(F)cc2O)C(=O)NC2CCN(C)CC2)cc1. The molecule has 2 N–H and O–H groups in total. The van der Waals surface area contributed by atoms with Crippen LogP contribution in [0.1, 0.15) is 37.8 Å². The summed E-state index contributed by atoms with van der Waals surface area (Å²) in [5, 5.41) is 13.3. The van der Waals surface area contributed by atoms with Crippen LogP contribution >= 0.6 is 0 Å². The molecule has 6 nitrogen and oxygen atoms in total. The van der Waals surface area contributed by atoms with Gasteiger partial charge < -0.3 is 25.0 Å². The summed E-state index contributed by atoms with van der Waals surface area (Å²) in [5.41, 5.74) is 1.45. The van der Waals surface area contributed by atoms with E-state index >= 15 is 0 Å². The summed E-state index contributed by atoms with van der Waals surface area (Å²) in [6.45, 7) is 7.27. The molecule has 2 aromatic carbocycles. The van der Waals surface area contributed by atoms with Crippen LogP contribution in [0.4, 0.5) is 9.18 Å². The van der Waals surface area contributed by atoms with E-state index in [1.165, 1.54) is 12.1 Å². The van der Waals surface area contributed by atoms with Gasteiger partial charge in [-0.05, 0) is 62.7 Å². The number of piperidine rings is 1. The van der Waals surface area contributed by atoms with Crippen molar-refractivity contribution in [2.45, 2.75) is 45.8 Å². The highest BCUT2D eigenvalue weighted by Gasteiger charge is 2.23. The molecule has 0 aliphatic carbocycles. The molecule has 32 heavy (non-hydrogen) atoms. The van der Waals surface area contributed by atoms with Crippen LogP contribution in [0.2, 0.25) is 0 Å². The second-order valence-electron chi connectivity index (χ2n) is 9.00. The number of urea groups is 1. The first kappa shape index (κ1) is 23.9. The lowest BCUT2D eigenvalue weighted by atomic mass is 10.1. The third-order valence-electron chi connectivity index (χ3n) is 5.62. The van der Waals surface area contributed by atoms with Gasteiger partial charge in [0.2, 0.25) is 0 Å². The van der Waals surface area contributed by atoms with Crippen molar-refractivity contribution in [2.24, 2.45) is 5.92 Å². The fraction of sp³-hybridized carbons (Fsp3) is 0.480. The Balaban J connectivity index is 1.71. The Hall–Kier alpha value is -2.80. The maximum Gasteiger partial charge on any atom is 0.318 e. The van der Waals surface area contributed by atoms with Gasteiger partial charge in [0.05, 0.1) is 13.2 Å². The zero-order valence-electron chi connectivity index (χ0n) is 19.2. The first-order chi connectivity index (χ1) is 15.3. The fourth-order valence-corrected chi connectivity index (χ4v) is 3.67. The van der Waals surface area contributed by atoms with Gasteiger partial charge in [0, 0.05) is 24.2 Å². The van der Waals surface area contributed by atoms with Crippen molar-refractivity contribution in [3.05, 3.63) is 59.4 Å². The quantitative estimate of drug-likeness (QED) is 0.636. The highest BCUT2D eigenvalue weighted by molar-refractivity contribution is 5.74. The first-order valence-corrected chi connectivity index (χ1v) is 11.2. The minimum absolute atomic E-state index is 0.120. The third kappa shape index (κ3) is 7.12. The van der Waals surface area contributed by atoms with Gasteiger partial charge in [-0.25, -0.2) is 9.18 Å². The number of phenols is 1. The normalized spacial score (nSPS) is 15.0. The Labute approximate surface area is 190 Å². The lowest BCUT2D eigenvalue weighted by Crippen LogP contribution is -2.48. The van der Waals surface area contributed by atoms with Gasteiger partial charge in [0.1, 0.15) is 17.3 Å². The second kappa shape index (κ2) is 11.2. The predicted octanol–water partition coefficient (Wildman–Crippen LogP) is 4.37. The monoisotopic (exact) mass is 443 g/mol. The van der Waals surface area contributed by atoms with Gasteiger partial charge in [-0.15, -0.1) is 0 Å². The van der Waals surface area contributed by atoms with Gasteiger partial charge in [-0.3, -0.25) is 0 Å². The number of nitrogens with one attached hydrogen (secondary N) is 1. The van der Waals surface area contributed by atoms with Gasteiger partial charge in [-0.2, -0.15) is 0 Å². The lowest BCUT2D eigenvalue weighted by molar-refractivity contribution is 0.175.